The normalized spacial score (nSPS) is 13.1. The van der Waals surface area contributed by atoms with Crippen molar-refractivity contribution in [2.24, 2.45) is 0 Å². The first-order chi connectivity index (χ1) is 29.0. The van der Waals surface area contributed by atoms with Gasteiger partial charge in [-0.25, -0.2) is 0 Å². The maximum absolute atomic E-state index is 2.43. The number of benzene rings is 11. The van der Waals surface area contributed by atoms with Crippen molar-refractivity contribution >= 4 is 53.9 Å². The first-order valence-electron chi connectivity index (χ1n) is 20.8. The Morgan fingerprint density at radius 2 is 0.763 bits per heavy atom. The molecule has 0 heterocycles. The van der Waals surface area contributed by atoms with Crippen molar-refractivity contribution in [1.82, 2.24) is 0 Å². The second-order valence-corrected chi connectivity index (χ2v) is 16.8. The first kappa shape index (κ1) is 33.8. The average molecular weight is 749 g/mol. The molecule has 1 aliphatic carbocycles. The van der Waals surface area contributed by atoms with Crippen molar-refractivity contribution < 1.29 is 0 Å². The van der Waals surface area contributed by atoms with Crippen LogP contribution in [0.1, 0.15) is 25.0 Å². The van der Waals surface area contributed by atoms with Gasteiger partial charge in [-0.2, -0.15) is 0 Å². The standard InChI is InChI=1S/C59H40/c1-59(2)55-32-30-39(35-54(55)52-31-29-37-15-3-6-22-45(37)58(52)59)38-17-13-19-42(33-38)56-48-25-9-11-27-50(48)57(51-28-12-10-26-49(51)56)43-20-14-18-40(34-43)53-36-41-16-4-5-21-44(41)46-23-7-8-24-47(46)53/h3-36H,1-2H3. The lowest BCUT2D eigenvalue weighted by Crippen LogP contribution is -2.15. The summed E-state index contributed by atoms with van der Waals surface area (Å²) in [4.78, 5) is 0. The van der Waals surface area contributed by atoms with Crippen LogP contribution < -0.4 is 0 Å². The van der Waals surface area contributed by atoms with Crippen LogP contribution in [-0.2, 0) is 5.41 Å². The number of hydrogen-bond donors (Lipinski definition) is 0. The third kappa shape index (κ3) is 5.09. The molecule has 0 amide bonds. The van der Waals surface area contributed by atoms with Gasteiger partial charge in [-0.05, 0) is 145 Å². The van der Waals surface area contributed by atoms with Crippen LogP contribution in [0, 0.1) is 0 Å². The fraction of sp³-hybridized carbons (Fsp3) is 0.0508. The molecule has 276 valence electrons. The molecule has 12 rings (SSSR count). The molecule has 0 unspecified atom stereocenters. The maximum Gasteiger partial charge on any atom is 0.0165 e. The summed E-state index contributed by atoms with van der Waals surface area (Å²) in [5.41, 5.74) is 15.4. The molecule has 11 aromatic rings. The summed E-state index contributed by atoms with van der Waals surface area (Å²) in [6, 6.07) is 76.9. The minimum atomic E-state index is -0.0751. The molecule has 11 aromatic carbocycles. The van der Waals surface area contributed by atoms with E-state index in [-0.39, 0.29) is 5.41 Å². The SMILES string of the molecule is CC1(C)c2ccc(-c3cccc(-c4c5ccccc5c(-c5cccc(-c6cc7ccccc7c7ccccc67)c5)c5ccccc45)c3)cc2-c2ccc3ccccc3c21. The van der Waals surface area contributed by atoms with Crippen LogP contribution >= 0.6 is 0 Å². The van der Waals surface area contributed by atoms with Gasteiger partial charge in [-0.1, -0.05) is 196 Å². The minimum Gasteiger partial charge on any atom is -0.0616 e. The van der Waals surface area contributed by atoms with Crippen LogP contribution in [0.4, 0.5) is 0 Å². The summed E-state index contributed by atoms with van der Waals surface area (Å²) in [5.74, 6) is 0. The topological polar surface area (TPSA) is 0 Å². The van der Waals surface area contributed by atoms with Crippen molar-refractivity contribution in [3.05, 3.63) is 217 Å². The Morgan fingerprint density at radius 1 is 0.271 bits per heavy atom. The molecule has 0 aromatic heterocycles. The van der Waals surface area contributed by atoms with Gasteiger partial charge >= 0.3 is 0 Å². The molecule has 0 radical (unpaired) electrons. The second kappa shape index (κ2) is 12.9. The number of rotatable bonds is 4. The van der Waals surface area contributed by atoms with Crippen molar-refractivity contribution in [3.8, 4) is 55.6 Å². The summed E-state index contributed by atoms with van der Waals surface area (Å²) < 4.78 is 0. The zero-order chi connectivity index (χ0) is 39.2. The molecule has 0 bridgehead atoms. The van der Waals surface area contributed by atoms with Gasteiger partial charge in [0.05, 0.1) is 0 Å². The molecule has 0 atom stereocenters. The highest BCUT2D eigenvalue weighted by Gasteiger charge is 2.37. The van der Waals surface area contributed by atoms with E-state index in [0.717, 1.165) is 0 Å². The van der Waals surface area contributed by atoms with Gasteiger partial charge in [0.1, 0.15) is 0 Å². The number of fused-ring (bicyclic) bond motifs is 10. The molecule has 0 N–H and O–H groups in total. The molecule has 0 aliphatic heterocycles. The van der Waals surface area contributed by atoms with Crippen LogP contribution in [-0.4, -0.2) is 0 Å². The van der Waals surface area contributed by atoms with E-state index < -0.39 is 0 Å². The molecule has 0 saturated carbocycles. The maximum atomic E-state index is 2.43. The molecular weight excluding hydrogens is 709 g/mol. The average Bonchev–Trinajstić information content (AvgIpc) is 3.53. The molecule has 0 heteroatoms. The summed E-state index contributed by atoms with van der Waals surface area (Å²) >= 11 is 0. The fourth-order valence-corrected chi connectivity index (χ4v) is 10.5. The van der Waals surface area contributed by atoms with E-state index >= 15 is 0 Å². The summed E-state index contributed by atoms with van der Waals surface area (Å²) in [5, 5.41) is 12.8. The van der Waals surface area contributed by atoms with Crippen LogP contribution in [0.5, 0.6) is 0 Å². The smallest absolute Gasteiger partial charge is 0.0165 e. The lowest BCUT2D eigenvalue weighted by Gasteiger charge is -2.23. The van der Waals surface area contributed by atoms with E-state index in [9.17, 15) is 0 Å². The van der Waals surface area contributed by atoms with Gasteiger partial charge in [0.2, 0.25) is 0 Å². The van der Waals surface area contributed by atoms with Gasteiger partial charge in [0.15, 0.2) is 0 Å². The molecule has 59 heavy (non-hydrogen) atoms. The zero-order valence-corrected chi connectivity index (χ0v) is 33.1. The van der Waals surface area contributed by atoms with E-state index in [4.69, 9.17) is 0 Å². The largest absolute Gasteiger partial charge is 0.0616 e. The Balaban J connectivity index is 1.02. The highest BCUT2D eigenvalue weighted by Crippen LogP contribution is 2.52. The summed E-state index contributed by atoms with van der Waals surface area (Å²) in [6.07, 6.45) is 0. The predicted octanol–water partition coefficient (Wildman–Crippen LogP) is 16.4. The van der Waals surface area contributed by atoms with Crippen LogP contribution in [0.2, 0.25) is 0 Å². The summed E-state index contributed by atoms with van der Waals surface area (Å²) in [6.45, 7) is 4.76. The fourth-order valence-electron chi connectivity index (χ4n) is 10.5. The van der Waals surface area contributed by atoms with E-state index in [0.29, 0.717) is 0 Å². The third-order valence-electron chi connectivity index (χ3n) is 13.2. The molecular formula is C59H40. The molecule has 0 fully saturated rings. The Labute approximate surface area is 344 Å². The van der Waals surface area contributed by atoms with Crippen LogP contribution in [0.25, 0.3) is 109 Å². The Bertz CT molecular complexity index is 3470. The Morgan fingerprint density at radius 3 is 1.42 bits per heavy atom. The number of hydrogen-bond acceptors (Lipinski definition) is 0. The van der Waals surface area contributed by atoms with Crippen molar-refractivity contribution in [2.75, 3.05) is 0 Å². The molecule has 1 aliphatic rings. The van der Waals surface area contributed by atoms with Gasteiger partial charge in [-0.15, -0.1) is 0 Å². The van der Waals surface area contributed by atoms with Gasteiger partial charge in [0, 0.05) is 5.41 Å². The third-order valence-corrected chi connectivity index (χ3v) is 13.2. The van der Waals surface area contributed by atoms with Gasteiger partial charge < -0.3 is 0 Å². The highest BCUT2D eigenvalue weighted by molar-refractivity contribution is 6.22. The molecule has 0 spiro atoms. The second-order valence-electron chi connectivity index (χ2n) is 16.8. The van der Waals surface area contributed by atoms with Gasteiger partial charge in [0.25, 0.3) is 0 Å². The minimum absolute atomic E-state index is 0.0751. The van der Waals surface area contributed by atoms with Crippen molar-refractivity contribution in [3.63, 3.8) is 0 Å². The van der Waals surface area contributed by atoms with Crippen LogP contribution in [0.3, 0.4) is 0 Å². The van der Waals surface area contributed by atoms with Crippen molar-refractivity contribution in [1.29, 1.82) is 0 Å². The first-order valence-corrected chi connectivity index (χ1v) is 20.8. The predicted molar refractivity (Wildman–Crippen MR) is 253 cm³/mol. The molecule has 0 saturated heterocycles. The highest BCUT2D eigenvalue weighted by atomic mass is 14.4. The van der Waals surface area contributed by atoms with E-state index in [1.807, 2.05) is 0 Å². The Hall–Kier alpha value is -7.28. The van der Waals surface area contributed by atoms with E-state index in [1.54, 1.807) is 0 Å². The van der Waals surface area contributed by atoms with Gasteiger partial charge in [-0.3, -0.25) is 0 Å². The zero-order valence-electron chi connectivity index (χ0n) is 33.1. The monoisotopic (exact) mass is 748 g/mol. The quantitative estimate of drug-likeness (QED) is 0.124. The van der Waals surface area contributed by atoms with Crippen molar-refractivity contribution in [2.45, 2.75) is 19.3 Å². The van der Waals surface area contributed by atoms with E-state index in [1.165, 1.54) is 121 Å². The lowest BCUT2D eigenvalue weighted by molar-refractivity contribution is 0.666. The van der Waals surface area contributed by atoms with E-state index in [2.05, 4.69) is 220 Å². The summed E-state index contributed by atoms with van der Waals surface area (Å²) in [7, 11) is 0. The van der Waals surface area contributed by atoms with Crippen LogP contribution in [0.15, 0.2) is 206 Å². The lowest BCUT2D eigenvalue weighted by atomic mass is 9.80. The molecule has 0 nitrogen and oxygen atoms in total. The Kier molecular flexibility index (Phi) is 7.38.